The number of carbonyl (C=O) groups is 2. The molecule has 0 aliphatic heterocycles. The molecule has 0 unspecified atom stereocenters. The number of hydrogen-bond acceptors (Lipinski definition) is 4. The molecule has 1 N–H and O–H groups in total. The summed E-state index contributed by atoms with van der Waals surface area (Å²) in [5.41, 5.74) is 0.618. The topological polar surface area (TPSA) is 68.4 Å². The molecule has 0 aromatic carbocycles. The van der Waals surface area contributed by atoms with Crippen LogP contribution in [0.3, 0.4) is 0 Å². The van der Waals surface area contributed by atoms with E-state index in [0.29, 0.717) is 17.7 Å². The highest BCUT2D eigenvalue weighted by molar-refractivity contribution is 5.97. The number of hydrogen-bond donors (Lipinski definition) is 1. The molecule has 0 saturated carbocycles. The molecule has 0 atom stereocenters. The molecule has 100 valence electrons. The van der Waals surface area contributed by atoms with Gasteiger partial charge in [-0.15, -0.1) is 0 Å². The number of esters is 2. The maximum Gasteiger partial charge on any atom is 0.355 e. The average molecular weight is 253 g/mol. The van der Waals surface area contributed by atoms with Gasteiger partial charge in [0, 0.05) is 6.20 Å². The third-order valence-electron chi connectivity index (χ3n) is 2.24. The maximum absolute atomic E-state index is 11.9. The van der Waals surface area contributed by atoms with Crippen LogP contribution >= 0.6 is 0 Å². The summed E-state index contributed by atoms with van der Waals surface area (Å²) >= 11 is 0. The Bertz CT molecular complexity index is 454. The highest BCUT2D eigenvalue weighted by Gasteiger charge is 2.24. The minimum atomic E-state index is -0.571. The molecular formula is C13H19NO4. The molecule has 1 rings (SSSR count). The van der Waals surface area contributed by atoms with Crippen molar-refractivity contribution in [3.63, 3.8) is 0 Å². The highest BCUT2D eigenvalue weighted by Crippen LogP contribution is 2.18. The second-order valence-electron chi connectivity index (χ2n) is 4.92. The largest absolute Gasteiger partial charge is 0.462 e. The molecule has 1 aromatic rings. The Morgan fingerprint density at radius 2 is 1.89 bits per heavy atom. The van der Waals surface area contributed by atoms with Crippen molar-refractivity contribution in [1.29, 1.82) is 0 Å². The first-order chi connectivity index (χ1) is 8.26. The smallest absolute Gasteiger partial charge is 0.355 e. The van der Waals surface area contributed by atoms with Crippen molar-refractivity contribution in [3.8, 4) is 0 Å². The van der Waals surface area contributed by atoms with Crippen LogP contribution in [-0.2, 0) is 9.47 Å². The first-order valence-electron chi connectivity index (χ1n) is 5.84. The van der Waals surface area contributed by atoms with Crippen molar-refractivity contribution >= 4 is 11.9 Å². The number of H-pyrrole nitrogens is 1. The number of nitrogens with one attached hydrogen (secondary N) is 1. The lowest BCUT2D eigenvalue weighted by atomic mass is 10.1. The summed E-state index contributed by atoms with van der Waals surface area (Å²) in [4.78, 5) is 26.2. The van der Waals surface area contributed by atoms with E-state index in [9.17, 15) is 9.59 Å². The zero-order valence-electron chi connectivity index (χ0n) is 11.4. The van der Waals surface area contributed by atoms with Crippen molar-refractivity contribution in [3.05, 3.63) is 23.0 Å². The summed E-state index contributed by atoms with van der Waals surface area (Å²) in [5.74, 6) is -0.920. The number of rotatable bonds is 3. The summed E-state index contributed by atoms with van der Waals surface area (Å²) < 4.78 is 10.1. The molecule has 5 nitrogen and oxygen atoms in total. The summed E-state index contributed by atoms with van der Waals surface area (Å²) in [5, 5.41) is 0. The summed E-state index contributed by atoms with van der Waals surface area (Å²) in [6.07, 6.45) is 1.46. The molecule has 1 aromatic heterocycles. The van der Waals surface area contributed by atoms with Crippen LogP contribution in [-0.4, -0.2) is 29.1 Å². The lowest BCUT2D eigenvalue weighted by Crippen LogP contribution is -2.24. The van der Waals surface area contributed by atoms with E-state index in [1.807, 2.05) is 0 Å². The van der Waals surface area contributed by atoms with Crippen LogP contribution in [0.15, 0.2) is 6.20 Å². The van der Waals surface area contributed by atoms with Crippen molar-refractivity contribution in [2.75, 3.05) is 6.61 Å². The SMILES string of the molecule is CCOC(=O)c1c[nH]c(C(=O)OC(C)(C)C)c1C. The Labute approximate surface area is 106 Å². The van der Waals surface area contributed by atoms with E-state index in [0.717, 1.165) is 0 Å². The Kier molecular flexibility index (Phi) is 4.16. The standard InChI is InChI=1S/C13H19NO4/c1-6-17-11(15)9-7-14-10(8(9)2)12(16)18-13(3,4)5/h7,14H,6H2,1-5H3. The fourth-order valence-corrected chi connectivity index (χ4v) is 1.46. The molecule has 0 radical (unpaired) electrons. The minimum Gasteiger partial charge on any atom is -0.462 e. The fourth-order valence-electron chi connectivity index (χ4n) is 1.46. The zero-order valence-corrected chi connectivity index (χ0v) is 11.4. The lowest BCUT2D eigenvalue weighted by Gasteiger charge is -2.19. The van der Waals surface area contributed by atoms with E-state index in [2.05, 4.69) is 4.98 Å². The van der Waals surface area contributed by atoms with Gasteiger partial charge in [0.15, 0.2) is 0 Å². The molecule has 0 saturated heterocycles. The van der Waals surface area contributed by atoms with Crippen LogP contribution in [0.25, 0.3) is 0 Å². The summed E-state index contributed by atoms with van der Waals surface area (Å²) in [6, 6.07) is 0. The van der Waals surface area contributed by atoms with E-state index in [4.69, 9.17) is 9.47 Å². The van der Waals surface area contributed by atoms with Gasteiger partial charge in [-0.3, -0.25) is 0 Å². The first kappa shape index (κ1) is 14.3. The van der Waals surface area contributed by atoms with Gasteiger partial charge in [-0.25, -0.2) is 9.59 Å². The van der Waals surface area contributed by atoms with Crippen molar-refractivity contribution in [1.82, 2.24) is 4.98 Å². The third-order valence-corrected chi connectivity index (χ3v) is 2.24. The number of aromatic nitrogens is 1. The van der Waals surface area contributed by atoms with E-state index in [1.165, 1.54) is 6.20 Å². The number of carbonyl (C=O) groups excluding carboxylic acids is 2. The lowest BCUT2D eigenvalue weighted by molar-refractivity contribution is 0.00628. The van der Waals surface area contributed by atoms with Crippen LogP contribution in [0.1, 0.15) is 54.1 Å². The molecule has 0 aliphatic carbocycles. The molecule has 0 amide bonds. The first-order valence-corrected chi connectivity index (χ1v) is 5.84. The second-order valence-corrected chi connectivity index (χ2v) is 4.92. The minimum absolute atomic E-state index is 0.285. The van der Waals surface area contributed by atoms with Crippen molar-refractivity contribution < 1.29 is 19.1 Å². The quantitative estimate of drug-likeness (QED) is 0.840. The summed E-state index contributed by atoms with van der Waals surface area (Å²) in [7, 11) is 0. The Morgan fingerprint density at radius 3 is 2.39 bits per heavy atom. The van der Waals surface area contributed by atoms with Gasteiger partial charge in [-0.2, -0.15) is 0 Å². The molecule has 0 fully saturated rings. The van der Waals surface area contributed by atoms with E-state index < -0.39 is 17.5 Å². The van der Waals surface area contributed by atoms with Crippen LogP contribution in [0, 0.1) is 6.92 Å². The van der Waals surface area contributed by atoms with Gasteiger partial charge >= 0.3 is 11.9 Å². The van der Waals surface area contributed by atoms with Gasteiger partial charge in [-0.05, 0) is 40.2 Å². The van der Waals surface area contributed by atoms with Gasteiger partial charge < -0.3 is 14.5 Å². The fraction of sp³-hybridized carbons (Fsp3) is 0.538. The van der Waals surface area contributed by atoms with Crippen LogP contribution in [0.5, 0.6) is 0 Å². The molecule has 0 spiro atoms. The van der Waals surface area contributed by atoms with Crippen LogP contribution in [0.2, 0.25) is 0 Å². The average Bonchev–Trinajstić information content (AvgIpc) is 2.57. The van der Waals surface area contributed by atoms with Crippen molar-refractivity contribution in [2.45, 2.75) is 40.2 Å². The van der Waals surface area contributed by atoms with Crippen LogP contribution in [0.4, 0.5) is 0 Å². The number of ether oxygens (including phenoxy) is 2. The molecule has 5 heteroatoms. The molecule has 0 aliphatic rings. The Morgan fingerprint density at radius 1 is 1.28 bits per heavy atom. The molecular weight excluding hydrogens is 234 g/mol. The van der Waals surface area contributed by atoms with Crippen LogP contribution < -0.4 is 0 Å². The van der Waals surface area contributed by atoms with E-state index in [1.54, 1.807) is 34.6 Å². The van der Waals surface area contributed by atoms with Crippen molar-refractivity contribution in [2.24, 2.45) is 0 Å². The molecule has 1 heterocycles. The van der Waals surface area contributed by atoms with Gasteiger partial charge in [0.05, 0.1) is 12.2 Å². The molecule has 18 heavy (non-hydrogen) atoms. The van der Waals surface area contributed by atoms with E-state index >= 15 is 0 Å². The number of aromatic amines is 1. The van der Waals surface area contributed by atoms with Gasteiger partial charge in [0.25, 0.3) is 0 Å². The van der Waals surface area contributed by atoms with Gasteiger partial charge in [0.1, 0.15) is 11.3 Å². The third kappa shape index (κ3) is 3.35. The van der Waals surface area contributed by atoms with Gasteiger partial charge in [0.2, 0.25) is 0 Å². The summed E-state index contributed by atoms with van der Waals surface area (Å²) in [6.45, 7) is 9.07. The highest BCUT2D eigenvalue weighted by atomic mass is 16.6. The second kappa shape index (κ2) is 5.25. The van der Waals surface area contributed by atoms with Gasteiger partial charge in [-0.1, -0.05) is 0 Å². The normalized spacial score (nSPS) is 11.2. The molecule has 0 bridgehead atoms. The predicted octanol–water partition coefficient (Wildman–Crippen LogP) is 2.46. The zero-order chi connectivity index (χ0) is 13.9. The van der Waals surface area contributed by atoms with E-state index in [-0.39, 0.29) is 5.69 Å². The Balaban J connectivity index is 2.93. The Hall–Kier alpha value is -1.78. The maximum atomic E-state index is 11.9. The predicted molar refractivity (Wildman–Crippen MR) is 66.7 cm³/mol. The monoisotopic (exact) mass is 253 g/mol.